The molecule has 0 saturated carbocycles. The number of nitrogens with one attached hydrogen (secondary N) is 1. The third kappa shape index (κ3) is 2.58. The number of thiazole rings is 1. The van der Waals surface area contributed by atoms with Crippen molar-refractivity contribution in [2.24, 2.45) is 5.92 Å². The average molecular weight is 224 g/mol. The minimum absolute atomic E-state index is 0.537. The van der Waals surface area contributed by atoms with Crippen molar-refractivity contribution in [1.29, 1.82) is 0 Å². The molecule has 1 heterocycles. The van der Waals surface area contributed by atoms with E-state index in [1.54, 1.807) is 4.88 Å². The summed E-state index contributed by atoms with van der Waals surface area (Å²) in [5.74, 6) is 0.854. The number of hydrogen-bond donors (Lipinski definition) is 1. The van der Waals surface area contributed by atoms with Gasteiger partial charge in [0.15, 0.2) is 0 Å². The molecular formula is C12H20N2S. The molecule has 0 saturated heterocycles. The number of fused-ring (bicyclic) bond motifs is 1. The molecular weight excluding hydrogens is 204 g/mol. The zero-order chi connectivity index (χ0) is 10.8. The van der Waals surface area contributed by atoms with Crippen molar-refractivity contribution < 1.29 is 0 Å². The van der Waals surface area contributed by atoms with E-state index in [9.17, 15) is 0 Å². The number of aromatic nitrogens is 1. The third-order valence-electron chi connectivity index (χ3n) is 3.20. The summed E-state index contributed by atoms with van der Waals surface area (Å²) in [4.78, 5) is 6.30. The molecule has 15 heavy (non-hydrogen) atoms. The fourth-order valence-electron chi connectivity index (χ4n) is 2.04. The Morgan fingerprint density at radius 1 is 1.60 bits per heavy atom. The summed E-state index contributed by atoms with van der Waals surface area (Å²) >= 11 is 1.93. The largest absolute Gasteiger partial charge is 0.317 e. The Morgan fingerprint density at radius 3 is 3.13 bits per heavy atom. The lowest BCUT2D eigenvalue weighted by atomic mass is 9.93. The van der Waals surface area contributed by atoms with Crippen LogP contribution in [-0.2, 0) is 19.3 Å². The van der Waals surface area contributed by atoms with Gasteiger partial charge in [0, 0.05) is 17.3 Å². The number of nitrogens with zero attached hydrogens (tertiary/aromatic N) is 1. The smallest absolute Gasteiger partial charge is 0.0946 e. The Balaban J connectivity index is 2.09. The van der Waals surface area contributed by atoms with Gasteiger partial charge >= 0.3 is 0 Å². The van der Waals surface area contributed by atoms with Crippen LogP contribution in [0.5, 0.6) is 0 Å². The monoisotopic (exact) mass is 224 g/mol. The molecule has 1 N–H and O–H groups in total. The molecule has 2 nitrogen and oxygen atoms in total. The molecule has 0 fully saturated rings. The minimum Gasteiger partial charge on any atom is -0.317 e. The van der Waals surface area contributed by atoms with Gasteiger partial charge in [-0.1, -0.05) is 6.92 Å². The normalized spacial score (nSPS) is 22.5. The summed E-state index contributed by atoms with van der Waals surface area (Å²) in [5.41, 5.74) is 1.39. The molecule has 1 aliphatic rings. The summed E-state index contributed by atoms with van der Waals surface area (Å²) in [6.07, 6.45) is 4.84. The van der Waals surface area contributed by atoms with E-state index >= 15 is 0 Å². The first kappa shape index (κ1) is 11.1. The van der Waals surface area contributed by atoms with Crippen LogP contribution in [0.2, 0.25) is 0 Å². The summed E-state index contributed by atoms with van der Waals surface area (Å²) in [7, 11) is 2.01. The van der Waals surface area contributed by atoms with E-state index in [-0.39, 0.29) is 0 Å². The lowest BCUT2D eigenvalue weighted by Crippen LogP contribution is -2.23. The van der Waals surface area contributed by atoms with Crippen LogP contribution in [0.1, 0.15) is 35.8 Å². The molecule has 0 radical (unpaired) electrons. The van der Waals surface area contributed by atoms with E-state index in [4.69, 9.17) is 4.98 Å². The molecule has 2 rings (SSSR count). The molecule has 1 aromatic heterocycles. The molecule has 0 spiro atoms. The van der Waals surface area contributed by atoms with E-state index < -0.39 is 0 Å². The highest BCUT2D eigenvalue weighted by atomic mass is 32.1. The van der Waals surface area contributed by atoms with Gasteiger partial charge in [-0.3, -0.25) is 0 Å². The van der Waals surface area contributed by atoms with Gasteiger partial charge in [0.25, 0.3) is 0 Å². The highest BCUT2D eigenvalue weighted by Crippen LogP contribution is 2.30. The van der Waals surface area contributed by atoms with Crippen molar-refractivity contribution in [2.45, 2.75) is 45.6 Å². The van der Waals surface area contributed by atoms with E-state index in [0.29, 0.717) is 6.04 Å². The minimum atomic E-state index is 0.537. The van der Waals surface area contributed by atoms with Crippen molar-refractivity contribution in [3.63, 3.8) is 0 Å². The van der Waals surface area contributed by atoms with Gasteiger partial charge in [-0.25, -0.2) is 4.98 Å². The lowest BCUT2D eigenvalue weighted by molar-refractivity contribution is 0.501. The maximum Gasteiger partial charge on any atom is 0.0946 e. The number of rotatable bonds is 3. The third-order valence-corrected chi connectivity index (χ3v) is 4.35. The first-order chi connectivity index (χ1) is 7.19. The molecule has 0 aliphatic heterocycles. The second-order valence-corrected chi connectivity index (χ2v) is 5.89. The molecule has 0 aromatic carbocycles. The first-order valence-corrected chi connectivity index (χ1v) is 6.65. The van der Waals surface area contributed by atoms with Crippen molar-refractivity contribution in [3.8, 4) is 0 Å². The first-order valence-electron chi connectivity index (χ1n) is 5.83. The standard InChI is InChI=1S/C12H20N2S/c1-8-4-5-10-11(6-8)15-12(14-10)7-9(2)13-3/h8-9,13H,4-7H2,1-3H3. The van der Waals surface area contributed by atoms with Gasteiger partial charge in [0.2, 0.25) is 0 Å². The van der Waals surface area contributed by atoms with Crippen LogP contribution in [0.4, 0.5) is 0 Å². The maximum absolute atomic E-state index is 4.75. The van der Waals surface area contributed by atoms with Gasteiger partial charge in [-0.05, 0) is 39.2 Å². The van der Waals surface area contributed by atoms with Crippen molar-refractivity contribution in [2.75, 3.05) is 7.05 Å². The fraction of sp³-hybridized carbons (Fsp3) is 0.750. The van der Waals surface area contributed by atoms with Crippen LogP contribution < -0.4 is 5.32 Å². The Hall–Kier alpha value is -0.410. The van der Waals surface area contributed by atoms with Crippen LogP contribution in [0.3, 0.4) is 0 Å². The highest BCUT2D eigenvalue weighted by molar-refractivity contribution is 7.11. The van der Waals surface area contributed by atoms with Gasteiger partial charge < -0.3 is 5.32 Å². The van der Waals surface area contributed by atoms with E-state index in [1.807, 2.05) is 18.4 Å². The van der Waals surface area contributed by atoms with Crippen molar-refractivity contribution >= 4 is 11.3 Å². The summed E-state index contributed by atoms with van der Waals surface area (Å²) in [5, 5.41) is 4.58. The second-order valence-electron chi connectivity index (χ2n) is 4.72. The predicted molar refractivity (Wildman–Crippen MR) is 65.5 cm³/mol. The van der Waals surface area contributed by atoms with Gasteiger partial charge in [-0.2, -0.15) is 0 Å². The second kappa shape index (κ2) is 4.62. The fourth-order valence-corrected chi connectivity index (χ4v) is 3.45. The molecule has 3 heteroatoms. The van der Waals surface area contributed by atoms with Crippen LogP contribution in [-0.4, -0.2) is 18.1 Å². The Bertz CT molecular complexity index is 332. The number of aryl methyl sites for hydroxylation is 1. The van der Waals surface area contributed by atoms with Crippen LogP contribution >= 0.6 is 11.3 Å². The van der Waals surface area contributed by atoms with Crippen molar-refractivity contribution in [3.05, 3.63) is 15.6 Å². The Morgan fingerprint density at radius 2 is 2.40 bits per heavy atom. The zero-order valence-electron chi connectivity index (χ0n) is 9.84. The topological polar surface area (TPSA) is 24.9 Å². The van der Waals surface area contributed by atoms with Gasteiger partial charge in [0.1, 0.15) is 0 Å². The summed E-state index contributed by atoms with van der Waals surface area (Å²) in [6, 6.07) is 0.537. The van der Waals surface area contributed by atoms with E-state index in [2.05, 4.69) is 19.2 Å². The predicted octanol–water partition coefficient (Wildman–Crippen LogP) is 2.42. The van der Waals surface area contributed by atoms with Crippen LogP contribution in [0.15, 0.2) is 0 Å². The van der Waals surface area contributed by atoms with E-state index in [0.717, 1.165) is 12.3 Å². The average Bonchev–Trinajstić information content (AvgIpc) is 2.59. The molecule has 1 aliphatic carbocycles. The lowest BCUT2D eigenvalue weighted by Gasteiger charge is -2.15. The quantitative estimate of drug-likeness (QED) is 0.853. The molecule has 1 aromatic rings. The van der Waals surface area contributed by atoms with Gasteiger partial charge in [0.05, 0.1) is 10.7 Å². The Kier molecular flexibility index (Phi) is 3.42. The molecule has 2 unspecified atom stereocenters. The molecule has 2 atom stereocenters. The summed E-state index contributed by atoms with van der Waals surface area (Å²) < 4.78 is 0. The SMILES string of the molecule is CNC(C)Cc1nc2c(s1)CC(C)CC2. The molecule has 84 valence electrons. The number of hydrogen-bond acceptors (Lipinski definition) is 3. The van der Waals surface area contributed by atoms with Crippen LogP contribution in [0.25, 0.3) is 0 Å². The molecule has 0 amide bonds. The van der Waals surface area contributed by atoms with Crippen LogP contribution in [0, 0.1) is 5.92 Å². The van der Waals surface area contributed by atoms with Gasteiger partial charge in [-0.15, -0.1) is 11.3 Å². The summed E-state index contributed by atoms with van der Waals surface area (Å²) in [6.45, 7) is 4.56. The zero-order valence-corrected chi connectivity index (χ0v) is 10.7. The molecule has 0 bridgehead atoms. The maximum atomic E-state index is 4.75. The highest BCUT2D eigenvalue weighted by Gasteiger charge is 2.19. The van der Waals surface area contributed by atoms with Crippen molar-refractivity contribution in [1.82, 2.24) is 10.3 Å². The Labute approximate surface area is 96.1 Å². The van der Waals surface area contributed by atoms with E-state index in [1.165, 1.54) is 30.0 Å². The number of likely N-dealkylation sites (N-methyl/N-ethyl adjacent to an activating group) is 1.